The van der Waals surface area contributed by atoms with Gasteiger partial charge in [-0.15, -0.1) is 0 Å². The van der Waals surface area contributed by atoms with E-state index < -0.39 is 6.03 Å². The van der Waals surface area contributed by atoms with Crippen molar-refractivity contribution in [2.75, 3.05) is 7.05 Å². The van der Waals surface area contributed by atoms with Gasteiger partial charge in [0.2, 0.25) is 0 Å². The normalized spacial score (nSPS) is 9.44. The molecule has 0 unspecified atom stereocenters. The Labute approximate surface area is 97.7 Å². The molecule has 0 fully saturated rings. The number of hydrogen-bond donors (Lipinski definition) is 1. The van der Waals surface area contributed by atoms with Crippen molar-refractivity contribution in [1.82, 2.24) is 9.27 Å². The molecule has 0 saturated heterocycles. The fourth-order valence-electron chi connectivity index (χ4n) is 1.21. The first-order valence-electron chi connectivity index (χ1n) is 5.07. The molecular weight excluding hydrogens is 224 g/mol. The van der Waals surface area contributed by atoms with Gasteiger partial charge < -0.3 is 5.32 Å². The minimum absolute atomic E-state index is 0.259. The zero-order chi connectivity index (χ0) is 12.1. The minimum Gasteiger partial charge on any atom is -0.340 e. The number of carbonyl (C=O) groups is 1. The summed E-state index contributed by atoms with van der Waals surface area (Å²) in [5.74, 6) is 0. The second-order valence-electron chi connectivity index (χ2n) is 2.74. The van der Waals surface area contributed by atoms with E-state index >= 15 is 0 Å². The van der Waals surface area contributed by atoms with Gasteiger partial charge in [0, 0.05) is 7.05 Å². The number of hydrogen-bond acceptors (Lipinski definition) is 3. The highest BCUT2D eigenvalue weighted by atomic mass is 32.1. The Morgan fingerprint density at radius 3 is 2.50 bits per heavy atom. The van der Waals surface area contributed by atoms with Crippen LogP contribution in [0.2, 0.25) is 0 Å². The summed E-state index contributed by atoms with van der Waals surface area (Å²) in [6, 6.07) is 6.77. The van der Waals surface area contributed by atoms with Crippen LogP contribution in [0.15, 0.2) is 29.1 Å². The molecule has 0 saturated carbocycles. The maximum absolute atomic E-state index is 11.6. The SMILES string of the molecule is CC.CNC(=O)n1sc2ccccc2c1=O. The first-order valence-corrected chi connectivity index (χ1v) is 5.84. The second kappa shape index (κ2) is 5.46. The zero-order valence-electron chi connectivity index (χ0n) is 9.48. The van der Waals surface area contributed by atoms with Gasteiger partial charge in [0.25, 0.3) is 5.56 Å². The molecule has 0 aliphatic carbocycles. The van der Waals surface area contributed by atoms with Crippen LogP contribution in [0.1, 0.15) is 13.8 Å². The van der Waals surface area contributed by atoms with Crippen molar-refractivity contribution in [3.05, 3.63) is 34.6 Å². The third kappa shape index (κ3) is 2.14. The monoisotopic (exact) mass is 238 g/mol. The van der Waals surface area contributed by atoms with Crippen LogP contribution in [0.3, 0.4) is 0 Å². The molecule has 1 aromatic heterocycles. The van der Waals surface area contributed by atoms with Crippen LogP contribution in [0.4, 0.5) is 4.79 Å². The molecule has 4 nitrogen and oxygen atoms in total. The molecule has 16 heavy (non-hydrogen) atoms. The van der Waals surface area contributed by atoms with Gasteiger partial charge in [-0.1, -0.05) is 26.0 Å². The molecule has 0 spiro atoms. The standard InChI is InChI=1S/C9H8N2O2S.C2H6/c1-10-9(13)11-8(12)6-4-2-3-5-7(6)14-11;1-2/h2-5H,1H3,(H,10,13);1-2H3. The van der Waals surface area contributed by atoms with Crippen molar-refractivity contribution in [3.8, 4) is 0 Å². The average molecular weight is 238 g/mol. The quantitative estimate of drug-likeness (QED) is 0.765. The van der Waals surface area contributed by atoms with Gasteiger partial charge in [-0.05, 0) is 23.7 Å². The molecule has 2 aromatic rings. The molecule has 1 heterocycles. The minimum atomic E-state index is -0.392. The molecule has 86 valence electrons. The van der Waals surface area contributed by atoms with Crippen molar-refractivity contribution in [3.63, 3.8) is 0 Å². The van der Waals surface area contributed by atoms with E-state index in [2.05, 4.69) is 5.32 Å². The lowest BCUT2D eigenvalue weighted by atomic mass is 10.3. The molecule has 1 amide bonds. The Bertz CT molecular complexity index is 542. The van der Waals surface area contributed by atoms with Crippen molar-refractivity contribution < 1.29 is 4.79 Å². The van der Waals surface area contributed by atoms with E-state index in [0.29, 0.717) is 5.39 Å². The predicted molar refractivity (Wildman–Crippen MR) is 67.3 cm³/mol. The number of nitrogens with one attached hydrogen (secondary N) is 1. The lowest BCUT2D eigenvalue weighted by Gasteiger charge is -1.94. The Hall–Kier alpha value is -1.62. The van der Waals surface area contributed by atoms with Gasteiger partial charge in [0.15, 0.2) is 0 Å². The van der Waals surface area contributed by atoms with E-state index in [1.807, 2.05) is 26.0 Å². The lowest BCUT2D eigenvalue weighted by Crippen LogP contribution is -2.30. The summed E-state index contributed by atoms with van der Waals surface area (Å²) >= 11 is 1.15. The molecular formula is C11H14N2O2S. The predicted octanol–water partition coefficient (Wildman–Crippen LogP) is 2.28. The molecule has 5 heteroatoms. The number of carbonyl (C=O) groups excluding carboxylic acids is 1. The highest BCUT2D eigenvalue weighted by molar-refractivity contribution is 7.14. The van der Waals surface area contributed by atoms with Crippen LogP contribution in [0.5, 0.6) is 0 Å². The molecule has 1 aromatic carbocycles. The molecule has 0 atom stereocenters. The van der Waals surface area contributed by atoms with Crippen LogP contribution in [0, 0.1) is 0 Å². The first kappa shape index (κ1) is 12.4. The Morgan fingerprint density at radius 2 is 1.94 bits per heavy atom. The summed E-state index contributed by atoms with van der Waals surface area (Å²) in [5, 5.41) is 3.00. The van der Waals surface area contributed by atoms with E-state index in [9.17, 15) is 9.59 Å². The number of benzene rings is 1. The molecule has 0 aliphatic rings. The third-order valence-electron chi connectivity index (χ3n) is 1.89. The summed E-state index contributed by atoms with van der Waals surface area (Å²) in [4.78, 5) is 22.9. The van der Waals surface area contributed by atoms with E-state index in [-0.39, 0.29) is 5.56 Å². The van der Waals surface area contributed by atoms with Crippen molar-refractivity contribution in [2.24, 2.45) is 0 Å². The summed E-state index contributed by atoms with van der Waals surface area (Å²) in [7, 11) is 1.50. The van der Waals surface area contributed by atoms with Crippen LogP contribution >= 0.6 is 11.5 Å². The topological polar surface area (TPSA) is 51.1 Å². The summed E-state index contributed by atoms with van der Waals surface area (Å²) < 4.78 is 1.94. The van der Waals surface area contributed by atoms with Gasteiger partial charge in [-0.25, -0.2) is 4.79 Å². The fraction of sp³-hybridized carbons (Fsp3) is 0.273. The number of nitrogens with zero attached hydrogens (tertiary/aromatic N) is 1. The lowest BCUT2D eigenvalue weighted by molar-refractivity contribution is 0.246. The van der Waals surface area contributed by atoms with Gasteiger partial charge in [-0.3, -0.25) is 4.79 Å². The molecule has 0 radical (unpaired) electrons. The fourth-order valence-corrected chi connectivity index (χ4v) is 2.15. The molecule has 1 N–H and O–H groups in total. The Morgan fingerprint density at radius 1 is 1.31 bits per heavy atom. The van der Waals surface area contributed by atoms with E-state index in [1.54, 1.807) is 12.1 Å². The van der Waals surface area contributed by atoms with Crippen LogP contribution < -0.4 is 10.9 Å². The van der Waals surface area contributed by atoms with Crippen molar-refractivity contribution in [1.29, 1.82) is 0 Å². The number of rotatable bonds is 0. The number of aromatic nitrogens is 1. The van der Waals surface area contributed by atoms with Crippen LogP contribution in [-0.2, 0) is 0 Å². The van der Waals surface area contributed by atoms with E-state index in [4.69, 9.17) is 0 Å². The van der Waals surface area contributed by atoms with Crippen molar-refractivity contribution in [2.45, 2.75) is 13.8 Å². The zero-order valence-corrected chi connectivity index (χ0v) is 10.3. The van der Waals surface area contributed by atoms with E-state index in [0.717, 1.165) is 20.2 Å². The van der Waals surface area contributed by atoms with Gasteiger partial charge in [0.1, 0.15) is 0 Å². The van der Waals surface area contributed by atoms with Crippen molar-refractivity contribution >= 4 is 27.6 Å². The molecule has 0 aliphatic heterocycles. The Kier molecular flexibility index (Phi) is 4.25. The number of amides is 1. The summed E-state index contributed by atoms with van der Waals surface area (Å²) in [6.45, 7) is 4.00. The molecule has 0 bridgehead atoms. The molecule has 2 rings (SSSR count). The number of fused-ring (bicyclic) bond motifs is 1. The summed E-state index contributed by atoms with van der Waals surface area (Å²) in [5.41, 5.74) is -0.259. The van der Waals surface area contributed by atoms with E-state index in [1.165, 1.54) is 7.05 Å². The Balaban J connectivity index is 0.000000606. The second-order valence-corrected chi connectivity index (χ2v) is 3.73. The highest BCUT2D eigenvalue weighted by Crippen LogP contribution is 2.15. The van der Waals surface area contributed by atoms with Gasteiger partial charge in [0.05, 0.1) is 10.1 Å². The van der Waals surface area contributed by atoms with Crippen LogP contribution in [0.25, 0.3) is 10.1 Å². The maximum atomic E-state index is 11.6. The van der Waals surface area contributed by atoms with Gasteiger partial charge in [-0.2, -0.15) is 3.96 Å². The first-order chi connectivity index (χ1) is 7.74. The third-order valence-corrected chi connectivity index (χ3v) is 2.96. The average Bonchev–Trinajstić information content (AvgIpc) is 2.69. The highest BCUT2D eigenvalue weighted by Gasteiger charge is 2.11. The van der Waals surface area contributed by atoms with Gasteiger partial charge >= 0.3 is 6.03 Å². The van der Waals surface area contributed by atoms with Crippen LogP contribution in [-0.4, -0.2) is 17.0 Å². The summed E-state index contributed by atoms with van der Waals surface area (Å²) in [6.07, 6.45) is 0. The maximum Gasteiger partial charge on any atom is 0.337 e. The smallest absolute Gasteiger partial charge is 0.337 e. The largest absolute Gasteiger partial charge is 0.340 e.